The molecule has 65 valence electrons. The lowest BCUT2D eigenvalue weighted by atomic mass is 10.1. The summed E-state index contributed by atoms with van der Waals surface area (Å²) in [4.78, 5) is 0. The van der Waals surface area contributed by atoms with E-state index >= 15 is 0 Å². The average molecular weight is 165 g/mol. The van der Waals surface area contributed by atoms with Crippen LogP contribution in [-0.2, 0) is 0 Å². The van der Waals surface area contributed by atoms with Crippen LogP contribution in [0.25, 0.3) is 0 Å². The van der Waals surface area contributed by atoms with E-state index in [1.807, 2.05) is 25.1 Å². The van der Waals surface area contributed by atoms with E-state index in [0.29, 0.717) is 6.61 Å². The minimum atomic E-state index is -0.676. The first-order valence-electron chi connectivity index (χ1n) is 3.98. The summed E-state index contributed by atoms with van der Waals surface area (Å²) in [6.45, 7) is 6.07. The van der Waals surface area contributed by atoms with Gasteiger partial charge in [-0.05, 0) is 31.5 Å². The maximum absolute atomic E-state index is 9.15. The van der Waals surface area contributed by atoms with Gasteiger partial charge in [0.05, 0.1) is 12.7 Å². The quantitative estimate of drug-likeness (QED) is 0.741. The van der Waals surface area contributed by atoms with Crippen molar-refractivity contribution in [3.05, 3.63) is 36.8 Å². The van der Waals surface area contributed by atoms with Crippen LogP contribution < -0.4 is 4.74 Å². The molecule has 1 atom stereocenters. The molecule has 0 bridgehead atoms. The second-order valence-corrected chi connectivity index (χ2v) is 2.52. The molecule has 0 spiro atoms. The van der Waals surface area contributed by atoms with E-state index in [0.717, 1.165) is 11.3 Å². The fraction of sp³-hybridized carbons (Fsp3) is 0.300. The molecule has 0 heterocycles. The summed E-state index contributed by atoms with van der Waals surface area (Å²) in [6.07, 6.45) is -0.676. The van der Waals surface area contributed by atoms with Crippen molar-refractivity contribution >= 4 is 0 Å². The number of rotatable bonds is 3. The van der Waals surface area contributed by atoms with E-state index < -0.39 is 6.10 Å². The molecule has 1 aromatic carbocycles. The highest BCUT2D eigenvalue weighted by Gasteiger charge is 2.00. The fourth-order valence-corrected chi connectivity index (χ4v) is 0.978. The molecule has 2 nitrogen and oxygen atoms in total. The molecular formula is C10H13O2. The molecular weight excluding hydrogens is 152 g/mol. The summed E-state index contributed by atoms with van der Waals surface area (Å²) in [6, 6.07) is 7.31. The van der Waals surface area contributed by atoms with Gasteiger partial charge in [-0.3, -0.25) is 0 Å². The Bertz CT molecular complexity index is 243. The van der Waals surface area contributed by atoms with Gasteiger partial charge in [-0.2, -0.15) is 0 Å². The summed E-state index contributed by atoms with van der Waals surface area (Å²) in [7, 11) is 0. The highest BCUT2D eigenvalue weighted by Crippen LogP contribution is 2.18. The molecule has 0 aliphatic heterocycles. The van der Waals surface area contributed by atoms with Crippen LogP contribution in [0.4, 0.5) is 0 Å². The van der Waals surface area contributed by atoms with Gasteiger partial charge in [-0.1, -0.05) is 12.1 Å². The molecule has 0 aliphatic rings. The molecule has 1 N–H and O–H groups in total. The van der Waals surface area contributed by atoms with E-state index in [1.165, 1.54) is 0 Å². The van der Waals surface area contributed by atoms with Crippen LogP contribution >= 0.6 is 0 Å². The average Bonchev–Trinajstić information content (AvgIpc) is 2.05. The van der Waals surface area contributed by atoms with Gasteiger partial charge in [0.1, 0.15) is 5.75 Å². The molecule has 0 fully saturated rings. The molecule has 1 radical (unpaired) electrons. The Morgan fingerprint density at radius 1 is 1.58 bits per heavy atom. The van der Waals surface area contributed by atoms with Crippen molar-refractivity contribution in [1.29, 1.82) is 0 Å². The van der Waals surface area contributed by atoms with Crippen molar-refractivity contribution in [3.63, 3.8) is 0 Å². The number of ether oxygens (including phenoxy) is 1. The first kappa shape index (κ1) is 9.07. The van der Waals surface area contributed by atoms with Crippen LogP contribution in [0.3, 0.4) is 0 Å². The Kier molecular flexibility index (Phi) is 3.11. The summed E-state index contributed by atoms with van der Waals surface area (Å²) in [5, 5.41) is 9.15. The zero-order valence-corrected chi connectivity index (χ0v) is 7.16. The number of hydrogen-bond acceptors (Lipinski definition) is 2. The van der Waals surface area contributed by atoms with Crippen molar-refractivity contribution in [2.24, 2.45) is 0 Å². The van der Waals surface area contributed by atoms with Crippen LogP contribution in [0.2, 0.25) is 0 Å². The van der Waals surface area contributed by atoms with E-state index in [4.69, 9.17) is 9.84 Å². The number of aliphatic hydroxyl groups excluding tert-OH is 1. The Morgan fingerprint density at radius 3 is 2.92 bits per heavy atom. The lowest BCUT2D eigenvalue weighted by Gasteiger charge is -2.07. The lowest BCUT2D eigenvalue weighted by molar-refractivity contribution is 0.225. The van der Waals surface area contributed by atoms with Crippen LogP contribution in [0.15, 0.2) is 24.3 Å². The second kappa shape index (κ2) is 4.12. The van der Waals surface area contributed by atoms with Gasteiger partial charge in [0.2, 0.25) is 0 Å². The predicted molar refractivity (Wildman–Crippen MR) is 47.9 cm³/mol. The Hall–Kier alpha value is -1.02. The first-order valence-corrected chi connectivity index (χ1v) is 3.98. The van der Waals surface area contributed by atoms with Gasteiger partial charge < -0.3 is 9.84 Å². The molecule has 1 aromatic rings. The van der Waals surface area contributed by atoms with Gasteiger partial charge in [-0.25, -0.2) is 0 Å². The van der Waals surface area contributed by atoms with Crippen molar-refractivity contribution < 1.29 is 9.84 Å². The molecule has 0 amide bonds. The third kappa shape index (κ3) is 2.24. The monoisotopic (exact) mass is 165 g/mol. The summed E-state index contributed by atoms with van der Waals surface area (Å²) < 4.78 is 5.26. The van der Waals surface area contributed by atoms with E-state index in [9.17, 15) is 0 Å². The van der Waals surface area contributed by atoms with Crippen LogP contribution in [-0.4, -0.2) is 11.7 Å². The lowest BCUT2D eigenvalue weighted by Crippen LogP contribution is -1.94. The number of hydrogen-bond donors (Lipinski definition) is 1. The number of aliphatic hydroxyl groups is 1. The van der Waals surface area contributed by atoms with Gasteiger partial charge in [0.15, 0.2) is 0 Å². The van der Waals surface area contributed by atoms with Crippen molar-refractivity contribution in [2.75, 3.05) is 6.61 Å². The molecule has 12 heavy (non-hydrogen) atoms. The molecule has 1 unspecified atom stereocenters. The van der Waals surface area contributed by atoms with Crippen LogP contribution in [0.5, 0.6) is 5.75 Å². The molecule has 0 aromatic heterocycles. The van der Waals surface area contributed by atoms with Crippen LogP contribution in [0.1, 0.15) is 18.6 Å². The highest BCUT2D eigenvalue weighted by atomic mass is 16.5. The molecule has 2 heteroatoms. The minimum absolute atomic E-state index is 0.636. The summed E-state index contributed by atoms with van der Waals surface area (Å²) in [5.74, 6) is 0.776. The van der Waals surface area contributed by atoms with Crippen molar-refractivity contribution in [3.8, 4) is 5.75 Å². The SMILES string of the molecule is [CH2]C(O)c1cccc(OCC)c1. The molecule has 0 saturated carbocycles. The fourth-order valence-electron chi connectivity index (χ4n) is 0.978. The van der Waals surface area contributed by atoms with E-state index in [1.54, 1.807) is 6.07 Å². The zero-order chi connectivity index (χ0) is 8.97. The molecule has 1 rings (SSSR count). The highest BCUT2D eigenvalue weighted by molar-refractivity contribution is 5.30. The van der Waals surface area contributed by atoms with Gasteiger partial charge in [-0.15, -0.1) is 0 Å². The molecule has 0 aliphatic carbocycles. The summed E-state index contributed by atoms with van der Waals surface area (Å²) >= 11 is 0. The largest absolute Gasteiger partial charge is 0.494 e. The Morgan fingerprint density at radius 2 is 2.33 bits per heavy atom. The smallest absolute Gasteiger partial charge is 0.119 e. The number of benzene rings is 1. The normalized spacial score (nSPS) is 12.6. The Labute approximate surface area is 72.8 Å². The Balaban J connectivity index is 2.81. The predicted octanol–water partition coefficient (Wildman–Crippen LogP) is 1.95. The second-order valence-electron chi connectivity index (χ2n) is 2.52. The minimum Gasteiger partial charge on any atom is -0.494 e. The zero-order valence-electron chi connectivity index (χ0n) is 7.16. The van der Waals surface area contributed by atoms with Crippen molar-refractivity contribution in [2.45, 2.75) is 13.0 Å². The van der Waals surface area contributed by atoms with Crippen molar-refractivity contribution in [1.82, 2.24) is 0 Å². The topological polar surface area (TPSA) is 29.5 Å². The van der Waals surface area contributed by atoms with Gasteiger partial charge in [0.25, 0.3) is 0 Å². The standard InChI is InChI=1S/C10H13O2/c1-3-12-10-6-4-5-9(7-10)8(2)11/h4-8,11H,2-3H2,1H3. The third-order valence-corrected chi connectivity index (χ3v) is 1.55. The maximum Gasteiger partial charge on any atom is 0.119 e. The first-order chi connectivity index (χ1) is 5.74. The third-order valence-electron chi connectivity index (χ3n) is 1.55. The van der Waals surface area contributed by atoms with E-state index in [-0.39, 0.29) is 0 Å². The van der Waals surface area contributed by atoms with Crippen LogP contribution in [0, 0.1) is 6.92 Å². The molecule has 0 saturated heterocycles. The van der Waals surface area contributed by atoms with Gasteiger partial charge in [0, 0.05) is 0 Å². The maximum atomic E-state index is 9.15. The summed E-state index contributed by atoms with van der Waals surface area (Å²) in [5.41, 5.74) is 0.779. The van der Waals surface area contributed by atoms with Gasteiger partial charge >= 0.3 is 0 Å². The van der Waals surface area contributed by atoms with E-state index in [2.05, 4.69) is 6.92 Å².